The van der Waals surface area contributed by atoms with E-state index in [1.54, 1.807) is 0 Å². The number of hydrogen-bond donors (Lipinski definition) is 1. The molecule has 1 saturated carbocycles. The predicted molar refractivity (Wildman–Crippen MR) is 61.9 cm³/mol. The first-order valence-electron chi connectivity index (χ1n) is 6.38. The summed E-state index contributed by atoms with van der Waals surface area (Å²) in [5.41, 5.74) is 6.22. The lowest BCUT2D eigenvalue weighted by atomic mass is 10.0. The van der Waals surface area contributed by atoms with Crippen molar-refractivity contribution in [1.29, 1.82) is 0 Å². The average molecular weight is 212 g/mol. The monoisotopic (exact) mass is 212 g/mol. The topological polar surface area (TPSA) is 38.5 Å². The van der Waals surface area contributed by atoms with Crippen molar-refractivity contribution in [3.63, 3.8) is 0 Å². The van der Waals surface area contributed by atoms with Crippen molar-refractivity contribution < 1.29 is 4.74 Å². The molecule has 0 aromatic heterocycles. The molecule has 1 saturated heterocycles. The van der Waals surface area contributed by atoms with E-state index in [9.17, 15) is 0 Å². The molecule has 2 N–H and O–H groups in total. The van der Waals surface area contributed by atoms with Crippen molar-refractivity contribution in [3.05, 3.63) is 0 Å². The summed E-state index contributed by atoms with van der Waals surface area (Å²) in [7, 11) is 0. The van der Waals surface area contributed by atoms with Crippen LogP contribution in [0.5, 0.6) is 0 Å². The summed E-state index contributed by atoms with van der Waals surface area (Å²) in [5.74, 6) is 0. The van der Waals surface area contributed by atoms with E-state index in [-0.39, 0.29) is 5.54 Å². The van der Waals surface area contributed by atoms with Crippen molar-refractivity contribution in [2.45, 2.75) is 44.1 Å². The summed E-state index contributed by atoms with van der Waals surface area (Å²) < 4.78 is 5.72. The van der Waals surface area contributed by atoms with Gasteiger partial charge in [0.15, 0.2) is 0 Å². The molecule has 3 heteroatoms. The van der Waals surface area contributed by atoms with E-state index < -0.39 is 0 Å². The molecule has 1 heterocycles. The number of likely N-dealkylation sites (tertiary alicyclic amines) is 1. The van der Waals surface area contributed by atoms with Gasteiger partial charge >= 0.3 is 0 Å². The quantitative estimate of drug-likeness (QED) is 0.700. The minimum Gasteiger partial charge on any atom is -0.378 e. The summed E-state index contributed by atoms with van der Waals surface area (Å²) in [5, 5.41) is 0. The van der Waals surface area contributed by atoms with Crippen LogP contribution in [-0.4, -0.2) is 43.3 Å². The van der Waals surface area contributed by atoms with Crippen molar-refractivity contribution in [3.8, 4) is 0 Å². The Balaban J connectivity index is 1.54. The molecule has 15 heavy (non-hydrogen) atoms. The van der Waals surface area contributed by atoms with Crippen LogP contribution in [-0.2, 0) is 4.74 Å². The van der Waals surface area contributed by atoms with Crippen molar-refractivity contribution in [2.24, 2.45) is 5.73 Å². The standard InChI is InChI=1S/C12H24N2O/c13-12(5-1-2-6-12)11-15-10-9-14-7-3-4-8-14/h1-11,13H2. The molecule has 0 unspecified atom stereocenters. The number of nitrogens with two attached hydrogens (primary N) is 1. The van der Waals surface area contributed by atoms with Crippen LogP contribution in [0.1, 0.15) is 38.5 Å². The third-order valence-electron chi connectivity index (χ3n) is 3.74. The van der Waals surface area contributed by atoms with Gasteiger partial charge in [0.05, 0.1) is 13.2 Å². The van der Waals surface area contributed by atoms with E-state index in [4.69, 9.17) is 10.5 Å². The molecule has 2 aliphatic rings. The first-order valence-corrected chi connectivity index (χ1v) is 6.38. The second-order valence-electron chi connectivity index (χ2n) is 5.17. The highest BCUT2D eigenvalue weighted by Crippen LogP contribution is 2.27. The van der Waals surface area contributed by atoms with Crippen LogP contribution in [0.25, 0.3) is 0 Å². The Labute approximate surface area is 93.0 Å². The Hall–Kier alpha value is -0.120. The van der Waals surface area contributed by atoms with Crippen LogP contribution in [0.3, 0.4) is 0 Å². The molecule has 0 amide bonds. The molecule has 1 aliphatic carbocycles. The van der Waals surface area contributed by atoms with Gasteiger partial charge in [-0.2, -0.15) is 0 Å². The number of ether oxygens (including phenoxy) is 1. The lowest BCUT2D eigenvalue weighted by molar-refractivity contribution is 0.0721. The summed E-state index contributed by atoms with van der Waals surface area (Å²) >= 11 is 0. The molecule has 1 aliphatic heterocycles. The zero-order valence-electron chi connectivity index (χ0n) is 9.71. The minimum atomic E-state index is 0.00497. The maximum Gasteiger partial charge on any atom is 0.0646 e. The van der Waals surface area contributed by atoms with Crippen LogP contribution in [0, 0.1) is 0 Å². The van der Waals surface area contributed by atoms with E-state index >= 15 is 0 Å². The number of rotatable bonds is 5. The zero-order valence-corrected chi connectivity index (χ0v) is 9.71. The molecule has 88 valence electrons. The fourth-order valence-electron chi connectivity index (χ4n) is 2.70. The largest absolute Gasteiger partial charge is 0.378 e. The summed E-state index contributed by atoms with van der Waals surface area (Å²) in [4.78, 5) is 2.48. The van der Waals surface area contributed by atoms with Gasteiger partial charge in [-0.25, -0.2) is 0 Å². The molecule has 0 radical (unpaired) electrons. The van der Waals surface area contributed by atoms with Gasteiger partial charge in [0.2, 0.25) is 0 Å². The Morgan fingerprint density at radius 1 is 1.07 bits per heavy atom. The van der Waals surface area contributed by atoms with Gasteiger partial charge < -0.3 is 15.4 Å². The van der Waals surface area contributed by atoms with E-state index in [1.807, 2.05) is 0 Å². The average Bonchev–Trinajstić information content (AvgIpc) is 2.84. The second-order valence-corrected chi connectivity index (χ2v) is 5.17. The molecule has 3 nitrogen and oxygen atoms in total. The van der Waals surface area contributed by atoms with Crippen LogP contribution < -0.4 is 5.73 Å². The van der Waals surface area contributed by atoms with Crippen molar-refractivity contribution in [2.75, 3.05) is 32.8 Å². The molecule has 0 bridgehead atoms. The van der Waals surface area contributed by atoms with E-state index in [1.165, 1.54) is 38.8 Å². The number of hydrogen-bond acceptors (Lipinski definition) is 3. The van der Waals surface area contributed by atoms with E-state index in [2.05, 4.69) is 4.90 Å². The molecular weight excluding hydrogens is 188 g/mol. The van der Waals surface area contributed by atoms with Crippen LogP contribution in [0.2, 0.25) is 0 Å². The Kier molecular flexibility index (Phi) is 4.00. The van der Waals surface area contributed by atoms with E-state index in [0.29, 0.717) is 0 Å². The van der Waals surface area contributed by atoms with Gasteiger partial charge in [0.1, 0.15) is 0 Å². The predicted octanol–water partition coefficient (Wildman–Crippen LogP) is 1.37. The third kappa shape index (κ3) is 3.44. The highest BCUT2D eigenvalue weighted by atomic mass is 16.5. The maximum atomic E-state index is 6.21. The fourth-order valence-corrected chi connectivity index (χ4v) is 2.70. The van der Waals surface area contributed by atoms with Crippen LogP contribution in [0.15, 0.2) is 0 Å². The van der Waals surface area contributed by atoms with Gasteiger partial charge in [-0.1, -0.05) is 12.8 Å². The van der Waals surface area contributed by atoms with Crippen molar-refractivity contribution in [1.82, 2.24) is 4.90 Å². The third-order valence-corrected chi connectivity index (χ3v) is 3.74. The first-order chi connectivity index (χ1) is 7.29. The molecule has 0 aromatic rings. The van der Waals surface area contributed by atoms with Gasteiger partial charge in [-0.3, -0.25) is 0 Å². The van der Waals surface area contributed by atoms with Crippen LogP contribution in [0.4, 0.5) is 0 Å². The Morgan fingerprint density at radius 3 is 2.40 bits per heavy atom. The van der Waals surface area contributed by atoms with Gasteiger partial charge in [0, 0.05) is 12.1 Å². The zero-order chi connectivity index (χ0) is 10.6. The highest BCUT2D eigenvalue weighted by Gasteiger charge is 2.29. The van der Waals surface area contributed by atoms with E-state index in [0.717, 1.165) is 32.6 Å². The lowest BCUT2D eigenvalue weighted by Gasteiger charge is -2.24. The normalized spacial score (nSPS) is 26.2. The summed E-state index contributed by atoms with van der Waals surface area (Å²) in [6.45, 7) is 5.24. The van der Waals surface area contributed by atoms with Crippen molar-refractivity contribution >= 4 is 0 Å². The number of nitrogens with zero attached hydrogens (tertiary/aromatic N) is 1. The SMILES string of the molecule is NC1(COCCN2CCCC2)CCCC1. The van der Waals surface area contributed by atoms with Gasteiger partial charge in [-0.05, 0) is 38.8 Å². The molecule has 0 aromatic carbocycles. The van der Waals surface area contributed by atoms with Gasteiger partial charge in [0.25, 0.3) is 0 Å². The fraction of sp³-hybridized carbons (Fsp3) is 1.00. The van der Waals surface area contributed by atoms with Crippen LogP contribution >= 0.6 is 0 Å². The Morgan fingerprint density at radius 2 is 1.73 bits per heavy atom. The molecular formula is C12H24N2O. The smallest absolute Gasteiger partial charge is 0.0646 e. The molecule has 0 atom stereocenters. The minimum absolute atomic E-state index is 0.00497. The maximum absolute atomic E-state index is 6.21. The summed E-state index contributed by atoms with van der Waals surface area (Å²) in [6, 6.07) is 0. The Bertz CT molecular complexity index is 184. The second kappa shape index (κ2) is 5.28. The summed E-state index contributed by atoms with van der Waals surface area (Å²) in [6.07, 6.45) is 7.59. The molecule has 0 spiro atoms. The molecule has 2 fully saturated rings. The highest BCUT2D eigenvalue weighted by molar-refractivity contribution is 4.88. The molecule has 2 rings (SSSR count). The van der Waals surface area contributed by atoms with Gasteiger partial charge in [-0.15, -0.1) is 0 Å². The lowest BCUT2D eigenvalue weighted by Crippen LogP contribution is -2.42. The first kappa shape index (κ1) is 11.4.